The summed E-state index contributed by atoms with van der Waals surface area (Å²) in [6.45, 7) is 2.83. The summed E-state index contributed by atoms with van der Waals surface area (Å²) in [7, 11) is 0. The molecule has 1 aliphatic rings. The SMILES string of the molecule is Cl.O=C(Cc1ccc(C(F)(F)F)cc1)N1CCNCC1. The Balaban J connectivity index is 0.00000200. The molecule has 0 radical (unpaired) electrons. The minimum absolute atomic E-state index is 0. The first-order chi connectivity index (χ1) is 8.97. The first kappa shape index (κ1) is 16.8. The van der Waals surface area contributed by atoms with Crippen LogP contribution in [-0.2, 0) is 17.4 Å². The van der Waals surface area contributed by atoms with Crippen LogP contribution in [0.1, 0.15) is 11.1 Å². The van der Waals surface area contributed by atoms with Crippen LogP contribution in [0.25, 0.3) is 0 Å². The lowest BCUT2D eigenvalue weighted by Gasteiger charge is -2.27. The molecule has 0 bridgehead atoms. The Kier molecular flexibility index (Phi) is 5.83. The number of carbonyl (C=O) groups excluding carboxylic acids is 1. The van der Waals surface area contributed by atoms with Gasteiger partial charge in [0.25, 0.3) is 0 Å². The molecule has 1 aromatic rings. The molecular formula is C13H16ClF3N2O. The van der Waals surface area contributed by atoms with Crippen molar-refractivity contribution in [3.8, 4) is 0 Å². The van der Waals surface area contributed by atoms with Gasteiger partial charge in [-0.15, -0.1) is 12.4 Å². The van der Waals surface area contributed by atoms with E-state index in [0.717, 1.165) is 25.2 Å². The van der Waals surface area contributed by atoms with E-state index in [1.165, 1.54) is 12.1 Å². The van der Waals surface area contributed by atoms with Gasteiger partial charge in [-0.2, -0.15) is 13.2 Å². The van der Waals surface area contributed by atoms with Gasteiger partial charge in [-0.05, 0) is 17.7 Å². The smallest absolute Gasteiger partial charge is 0.340 e. The molecule has 1 aliphatic heterocycles. The second kappa shape index (κ2) is 6.95. The standard InChI is InChI=1S/C13H15F3N2O.ClH/c14-13(15,16)11-3-1-10(2-4-11)9-12(19)18-7-5-17-6-8-18;/h1-4,17H,5-9H2;1H. The van der Waals surface area contributed by atoms with E-state index in [9.17, 15) is 18.0 Å². The maximum Gasteiger partial charge on any atom is 0.416 e. The van der Waals surface area contributed by atoms with E-state index in [1.54, 1.807) is 4.90 Å². The molecule has 3 nitrogen and oxygen atoms in total. The molecule has 0 unspecified atom stereocenters. The summed E-state index contributed by atoms with van der Waals surface area (Å²) in [5.74, 6) is -0.0405. The molecule has 1 heterocycles. The molecule has 1 fully saturated rings. The van der Waals surface area contributed by atoms with Crippen molar-refractivity contribution in [3.05, 3.63) is 35.4 Å². The number of amides is 1. The van der Waals surface area contributed by atoms with Crippen LogP contribution in [0.3, 0.4) is 0 Å². The zero-order valence-electron chi connectivity index (χ0n) is 10.7. The van der Waals surface area contributed by atoms with Gasteiger partial charge in [0, 0.05) is 26.2 Å². The third kappa shape index (κ3) is 4.38. The van der Waals surface area contributed by atoms with Crippen molar-refractivity contribution >= 4 is 18.3 Å². The topological polar surface area (TPSA) is 32.3 Å². The quantitative estimate of drug-likeness (QED) is 0.907. The van der Waals surface area contributed by atoms with Gasteiger partial charge in [0.05, 0.1) is 12.0 Å². The van der Waals surface area contributed by atoms with Gasteiger partial charge in [0.15, 0.2) is 0 Å². The van der Waals surface area contributed by atoms with Crippen molar-refractivity contribution < 1.29 is 18.0 Å². The number of nitrogens with zero attached hydrogens (tertiary/aromatic N) is 1. The van der Waals surface area contributed by atoms with E-state index < -0.39 is 11.7 Å². The normalized spacial score (nSPS) is 15.7. The number of halogens is 4. The minimum atomic E-state index is -4.33. The highest BCUT2D eigenvalue weighted by molar-refractivity contribution is 5.85. The third-order valence-corrected chi connectivity index (χ3v) is 3.11. The summed E-state index contributed by atoms with van der Waals surface area (Å²) in [6.07, 6.45) is -4.18. The van der Waals surface area contributed by atoms with Crippen molar-refractivity contribution in [2.24, 2.45) is 0 Å². The number of piperazine rings is 1. The van der Waals surface area contributed by atoms with Gasteiger partial charge in [-0.3, -0.25) is 4.79 Å². The maximum atomic E-state index is 12.4. The van der Waals surface area contributed by atoms with Gasteiger partial charge >= 0.3 is 6.18 Å². The monoisotopic (exact) mass is 308 g/mol. The minimum Gasteiger partial charge on any atom is -0.340 e. The molecule has 1 saturated heterocycles. The molecular weight excluding hydrogens is 293 g/mol. The van der Waals surface area contributed by atoms with E-state index in [4.69, 9.17) is 0 Å². The van der Waals surface area contributed by atoms with Crippen LogP contribution in [-0.4, -0.2) is 37.0 Å². The van der Waals surface area contributed by atoms with Crippen LogP contribution >= 0.6 is 12.4 Å². The maximum absolute atomic E-state index is 12.4. The molecule has 0 aliphatic carbocycles. The Morgan fingerprint density at radius 3 is 2.20 bits per heavy atom. The summed E-state index contributed by atoms with van der Waals surface area (Å²) in [5, 5.41) is 3.14. The zero-order valence-corrected chi connectivity index (χ0v) is 11.6. The number of alkyl halides is 3. The number of hydrogen-bond donors (Lipinski definition) is 1. The average molecular weight is 309 g/mol. The molecule has 0 saturated carbocycles. The number of carbonyl (C=O) groups is 1. The Hall–Kier alpha value is -1.27. The Labute approximate surface area is 121 Å². The Bertz CT molecular complexity index is 442. The summed E-state index contributed by atoms with van der Waals surface area (Å²) < 4.78 is 37.2. The highest BCUT2D eigenvalue weighted by Gasteiger charge is 2.30. The predicted molar refractivity (Wildman–Crippen MR) is 71.8 cm³/mol. The Morgan fingerprint density at radius 2 is 1.70 bits per heavy atom. The van der Waals surface area contributed by atoms with E-state index in [1.807, 2.05) is 0 Å². The fraction of sp³-hybridized carbons (Fsp3) is 0.462. The number of hydrogen-bond acceptors (Lipinski definition) is 2. The van der Waals surface area contributed by atoms with Crippen molar-refractivity contribution in [1.82, 2.24) is 10.2 Å². The van der Waals surface area contributed by atoms with Crippen LogP contribution in [0.15, 0.2) is 24.3 Å². The van der Waals surface area contributed by atoms with Crippen molar-refractivity contribution in [3.63, 3.8) is 0 Å². The summed E-state index contributed by atoms with van der Waals surface area (Å²) in [6, 6.07) is 4.76. The number of rotatable bonds is 2. The van der Waals surface area contributed by atoms with Gasteiger partial charge in [-0.1, -0.05) is 12.1 Å². The van der Waals surface area contributed by atoms with Crippen LogP contribution in [0.4, 0.5) is 13.2 Å². The lowest BCUT2D eigenvalue weighted by atomic mass is 10.1. The fourth-order valence-electron chi connectivity index (χ4n) is 2.01. The highest BCUT2D eigenvalue weighted by Crippen LogP contribution is 2.29. The highest BCUT2D eigenvalue weighted by atomic mass is 35.5. The zero-order chi connectivity index (χ0) is 13.9. The number of benzene rings is 1. The molecule has 20 heavy (non-hydrogen) atoms. The molecule has 1 aromatic carbocycles. The van der Waals surface area contributed by atoms with E-state index in [0.29, 0.717) is 18.7 Å². The Morgan fingerprint density at radius 1 is 1.15 bits per heavy atom. The molecule has 112 valence electrons. The van der Waals surface area contributed by atoms with Gasteiger partial charge < -0.3 is 10.2 Å². The van der Waals surface area contributed by atoms with E-state index in [-0.39, 0.29) is 24.7 Å². The first-order valence-corrected chi connectivity index (χ1v) is 6.11. The van der Waals surface area contributed by atoms with E-state index >= 15 is 0 Å². The average Bonchev–Trinajstić information content (AvgIpc) is 2.39. The summed E-state index contributed by atoms with van der Waals surface area (Å²) in [4.78, 5) is 13.7. The van der Waals surface area contributed by atoms with E-state index in [2.05, 4.69) is 5.32 Å². The van der Waals surface area contributed by atoms with Gasteiger partial charge in [0.2, 0.25) is 5.91 Å². The predicted octanol–water partition coefficient (Wildman–Crippen LogP) is 2.10. The lowest BCUT2D eigenvalue weighted by Crippen LogP contribution is -2.46. The largest absolute Gasteiger partial charge is 0.416 e. The van der Waals surface area contributed by atoms with Crippen LogP contribution in [0.2, 0.25) is 0 Å². The van der Waals surface area contributed by atoms with Gasteiger partial charge in [0.1, 0.15) is 0 Å². The first-order valence-electron chi connectivity index (χ1n) is 6.11. The second-order valence-electron chi connectivity index (χ2n) is 4.50. The third-order valence-electron chi connectivity index (χ3n) is 3.11. The molecule has 0 aromatic heterocycles. The molecule has 1 amide bonds. The van der Waals surface area contributed by atoms with Crippen molar-refractivity contribution in [2.45, 2.75) is 12.6 Å². The molecule has 1 N–H and O–H groups in total. The van der Waals surface area contributed by atoms with Crippen LogP contribution < -0.4 is 5.32 Å². The second-order valence-corrected chi connectivity index (χ2v) is 4.50. The molecule has 0 spiro atoms. The molecule has 0 atom stereocenters. The van der Waals surface area contributed by atoms with Crippen molar-refractivity contribution in [2.75, 3.05) is 26.2 Å². The number of nitrogens with one attached hydrogen (secondary N) is 1. The molecule has 2 rings (SSSR count). The summed E-state index contributed by atoms with van der Waals surface area (Å²) >= 11 is 0. The van der Waals surface area contributed by atoms with Crippen LogP contribution in [0, 0.1) is 0 Å². The van der Waals surface area contributed by atoms with Gasteiger partial charge in [-0.25, -0.2) is 0 Å². The van der Waals surface area contributed by atoms with Crippen LogP contribution in [0.5, 0.6) is 0 Å². The summed E-state index contributed by atoms with van der Waals surface area (Å²) in [5.41, 5.74) is -0.0811. The lowest BCUT2D eigenvalue weighted by molar-refractivity contribution is -0.137. The van der Waals surface area contributed by atoms with Crippen molar-refractivity contribution in [1.29, 1.82) is 0 Å². The fourth-order valence-corrected chi connectivity index (χ4v) is 2.01. The molecule has 7 heteroatoms.